The minimum atomic E-state index is -0.426. The predicted molar refractivity (Wildman–Crippen MR) is 87.1 cm³/mol. The zero-order valence-electron chi connectivity index (χ0n) is 11.6. The molecule has 0 aliphatic heterocycles. The van der Waals surface area contributed by atoms with Gasteiger partial charge in [0.1, 0.15) is 5.82 Å². The maximum atomic E-state index is 13.8. The second kappa shape index (κ2) is 6.55. The quantitative estimate of drug-likeness (QED) is 0.711. The van der Waals surface area contributed by atoms with Crippen molar-refractivity contribution in [3.05, 3.63) is 69.4 Å². The van der Waals surface area contributed by atoms with Gasteiger partial charge in [0, 0.05) is 16.8 Å². The van der Waals surface area contributed by atoms with Crippen molar-refractivity contribution >= 4 is 39.3 Å². The summed E-state index contributed by atoms with van der Waals surface area (Å²) < 4.78 is 20.9. The molecule has 1 N–H and O–H groups in total. The minimum Gasteiger partial charge on any atom is -0.459 e. The summed E-state index contributed by atoms with van der Waals surface area (Å²) >= 11 is 9.31. The summed E-state index contributed by atoms with van der Waals surface area (Å²) in [5.74, 6) is -0.363. The van der Waals surface area contributed by atoms with Crippen LogP contribution in [0, 0.1) is 5.82 Å². The molecule has 0 spiro atoms. The van der Waals surface area contributed by atoms with Crippen molar-refractivity contribution in [2.45, 2.75) is 6.54 Å². The number of carbonyl (C=O) groups excluding carboxylic acids is 1. The van der Waals surface area contributed by atoms with E-state index in [0.717, 1.165) is 0 Å². The fourth-order valence-corrected chi connectivity index (χ4v) is 2.62. The molecule has 8 heteroatoms. The summed E-state index contributed by atoms with van der Waals surface area (Å²) in [5.41, 5.74) is 0.327. The van der Waals surface area contributed by atoms with Crippen LogP contribution in [-0.2, 0) is 6.54 Å². The smallest absolute Gasteiger partial charge is 0.292 e. The average Bonchev–Trinajstić information content (AvgIpc) is 3.14. The second-order valence-electron chi connectivity index (χ2n) is 4.65. The van der Waals surface area contributed by atoms with E-state index in [1.807, 2.05) is 0 Å². The van der Waals surface area contributed by atoms with E-state index in [2.05, 4.69) is 26.3 Å². The highest BCUT2D eigenvalue weighted by molar-refractivity contribution is 9.10. The zero-order valence-corrected chi connectivity index (χ0v) is 13.9. The molecule has 0 saturated heterocycles. The molecule has 1 aromatic carbocycles. The Labute approximate surface area is 144 Å². The molecule has 0 atom stereocenters. The highest BCUT2D eigenvalue weighted by atomic mass is 79.9. The fourth-order valence-electron chi connectivity index (χ4n) is 1.99. The summed E-state index contributed by atoms with van der Waals surface area (Å²) in [6, 6.07) is 7.63. The van der Waals surface area contributed by atoms with Crippen molar-refractivity contribution in [3.8, 4) is 0 Å². The van der Waals surface area contributed by atoms with Crippen molar-refractivity contribution in [1.29, 1.82) is 0 Å². The Hall–Kier alpha value is -2.12. The molecule has 2 aromatic heterocycles. The number of rotatable bonds is 4. The topological polar surface area (TPSA) is 60.1 Å². The lowest BCUT2D eigenvalue weighted by Gasteiger charge is -2.05. The molecular formula is C15H10BrClFN3O2. The Bertz CT molecular complexity index is 828. The van der Waals surface area contributed by atoms with E-state index in [1.54, 1.807) is 24.4 Å². The molecule has 0 saturated carbocycles. The maximum absolute atomic E-state index is 13.8. The monoisotopic (exact) mass is 397 g/mol. The molecule has 118 valence electrons. The summed E-state index contributed by atoms with van der Waals surface area (Å²) in [6.07, 6.45) is 3.03. The third kappa shape index (κ3) is 3.46. The van der Waals surface area contributed by atoms with E-state index in [4.69, 9.17) is 16.0 Å². The van der Waals surface area contributed by atoms with Gasteiger partial charge in [0.05, 0.1) is 17.3 Å². The maximum Gasteiger partial charge on any atom is 0.292 e. The summed E-state index contributed by atoms with van der Waals surface area (Å²) in [7, 11) is 0. The predicted octanol–water partition coefficient (Wildman–Crippen LogP) is 4.33. The molecule has 5 nitrogen and oxygen atoms in total. The Morgan fingerprint density at radius 1 is 1.39 bits per heavy atom. The molecule has 0 radical (unpaired) electrons. The van der Waals surface area contributed by atoms with Crippen LogP contribution in [0.2, 0.25) is 5.02 Å². The van der Waals surface area contributed by atoms with E-state index in [1.165, 1.54) is 23.1 Å². The van der Waals surface area contributed by atoms with Crippen LogP contribution in [0.15, 0.2) is 51.7 Å². The van der Waals surface area contributed by atoms with Gasteiger partial charge in [0.25, 0.3) is 5.91 Å². The standard InChI is InChI=1S/C15H10BrClFN3O2/c16-10-8-21(7-9-11(17)3-1-4-12(9)18)20-14(10)19-15(22)13-5-2-6-23-13/h1-6,8H,7H2,(H,19,20,22). The van der Waals surface area contributed by atoms with E-state index < -0.39 is 11.7 Å². The Morgan fingerprint density at radius 2 is 2.22 bits per heavy atom. The van der Waals surface area contributed by atoms with Crippen LogP contribution in [0.1, 0.15) is 16.1 Å². The number of hydrogen-bond donors (Lipinski definition) is 1. The van der Waals surface area contributed by atoms with Crippen LogP contribution in [-0.4, -0.2) is 15.7 Å². The summed E-state index contributed by atoms with van der Waals surface area (Å²) in [4.78, 5) is 11.9. The molecule has 0 fully saturated rings. The number of amides is 1. The van der Waals surface area contributed by atoms with E-state index in [9.17, 15) is 9.18 Å². The van der Waals surface area contributed by atoms with Crippen molar-refractivity contribution < 1.29 is 13.6 Å². The van der Waals surface area contributed by atoms with Gasteiger partial charge in [-0.2, -0.15) is 5.10 Å². The molecule has 0 unspecified atom stereocenters. The molecular weight excluding hydrogens is 389 g/mol. The molecule has 1 amide bonds. The van der Waals surface area contributed by atoms with Crippen LogP contribution < -0.4 is 5.32 Å². The molecule has 0 aliphatic carbocycles. The first-order chi connectivity index (χ1) is 11.0. The van der Waals surface area contributed by atoms with Crippen molar-refractivity contribution in [2.75, 3.05) is 5.32 Å². The van der Waals surface area contributed by atoms with Crippen LogP contribution in [0.5, 0.6) is 0 Å². The first-order valence-electron chi connectivity index (χ1n) is 6.55. The Kier molecular flexibility index (Phi) is 4.49. The third-order valence-corrected chi connectivity index (χ3v) is 4.01. The molecule has 3 rings (SSSR count). The highest BCUT2D eigenvalue weighted by Gasteiger charge is 2.15. The lowest BCUT2D eigenvalue weighted by atomic mass is 10.2. The summed E-state index contributed by atoms with van der Waals surface area (Å²) in [6.45, 7) is 0.140. The number of aromatic nitrogens is 2. The van der Waals surface area contributed by atoms with Crippen LogP contribution in [0.3, 0.4) is 0 Å². The van der Waals surface area contributed by atoms with Gasteiger partial charge in [-0.25, -0.2) is 4.39 Å². The SMILES string of the molecule is O=C(Nc1nn(Cc2c(F)cccc2Cl)cc1Br)c1ccco1. The number of hydrogen-bond acceptors (Lipinski definition) is 3. The van der Waals surface area contributed by atoms with Crippen LogP contribution >= 0.6 is 27.5 Å². The lowest BCUT2D eigenvalue weighted by molar-refractivity contribution is 0.0996. The number of anilines is 1. The van der Waals surface area contributed by atoms with Gasteiger partial charge in [-0.3, -0.25) is 9.48 Å². The number of furan rings is 1. The minimum absolute atomic E-state index is 0.140. The third-order valence-electron chi connectivity index (χ3n) is 3.08. The summed E-state index contributed by atoms with van der Waals surface area (Å²) in [5, 5.41) is 7.14. The fraction of sp³-hybridized carbons (Fsp3) is 0.0667. The van der Waals surface area contributed by atoms with E-state index in [0.29, 0.717) is 20.9 Å². The largest absolute Gasteiger partial charge is 0.459 e. The normalized spacial score (nSPS) is 10.7. The number of carbonyl (C=O) groups is 1. The van der Waals surface area contributed by atoms with Crippen LogP contribution in [0.4, 0.5) is 10.2 Å². The van der Waals surface area contributed by atoms with Gasteiger partial charge >= 0.3 is 0 Å². The Morgan fingerprint density at radius 3 is 2.91 bits per heavy atom. The van der Waals surface area contributed by atoms with E-state index >= 15 is 0 Å². The number of nitrogens with one attached hydrogen (secondary N) is 1. The number of benzene rings is 1. The van der Waals surface area contributed by atoms with Gasteiger partial charge in [0.15, 0.2) is 11.6 Å². The average molecular weight is 399 g/mol. The van der Waals surface area contributed by atoms with Crippen molar-refractivity contribution in [1.82, 2.24) is 9.78 Å². The van der Waals surface area contributed by atoms with Crippen molar-refractivity contribution in [3.63, 3.8) is 0 Å². The highest BCUT2D eigenvalue weighted by Crippen LogP contribution is 2.24. The van der Waals surface area contributed by atoms with Gasteiger partial charge in [-0.15, -0.1) is 0 Å². The first-order valence-corrected chi connectivity index (χ1v) is 7.72. The number of nitrogens with zero attached hydrogens (tertiary/aromatic N) is 2. The lowest BCUT2D eigenvalue weighted by Crippen LogP contribution is -2.12. The molecule has 3 aromatic rings. The number of halogens is 3. The molecule has 0 aliphatic rings. The van der Waals surface area contributed by atoms with Gasteiger partial charge in [-0.1, -0.05) is 17.7 Å². The van der Waals surface area contributed by atoms with Gasteiger partial charge < -0.3 is 9.73 Å². The Balaban J connectivity index is 1.80. The second-order valence-corrected chi connectivity index (χ2v) is 5.92. The van der Waals surface area contributed by atoms with Crippen molar-refractivity contribution in [2.24, 2.45) is 0 Å². The zero-order chi connectivity index (χ0) is 16.4. The molecule has 2 heterocycles. The van der Waals surface area contributed by atoms with E-state index in [-0.39, 0.29) is 12.3 Å². The van der Waals surface area contributed by atoms with Crippen LogP contribution in [0.25, 0.3) is 0 Å². The molecule has 23 heavy (non-hydrogen) atoms. The van der Waals surface area contributed by atoms with Gasteiger partial charge in [0.2, 0.25) is 0 Å². The molecule has 0 bridgehead atoms. The first kappa shape index (κ1) is 15.8. The van der Waals surface area contributed by atoms with Gasteiger partial charge in [-0.05, 0) is 40.2 Å².